The van der Waals surface area contributed by atoms with E-state index in [-0.39, 0.29) is 12.1 Å². The standard InChI is InChI=1S/C16H23N3OS/c1-11(17)16(13-5-7-14(20-4)8-6-13)19(3)9-15-12(2)18-10-21-15/h5-8,10-11,16H,9,17H2,1-4H3. The molecule has 1 aromatic heterocycles. The molecule has 21 heavy (non-hydrogen) atoms. The fourth-order valence-electron chi connectivity index (χ4n) is 2.56. The highest BCUT2D eigenvalue weighted by Crippen LogP contribution is 2.27. The first-order chi connectivity index (χ1) is 10.0. The molecule has 0 saturated carbocycles. The Morgan fingerprint density at radius 3 is 2.48 bits per heavy atom. The van der Waals surface area contributed by atoms with Gasteiger partial charge in [0.2, 0.25) is 0 Å². The number of likely N-dealkylation sites (N-methyl/N-ethyl adjacent to an activating group) is 1. The summed E-state index contributed by atoms with van der Waals surface area (Å²) in [6.07, 6.45) is 0. The van der Waals surface area contributed by atoms with Gasteiger partial charge in [-0.1, -0.05) is 12.1 Å². The van der Waals surface area contributed by atoms with E-state index in [1.165, 1.54) is 10.4 Å². The molecule has 2 unspecified atom stereocenters. The number of ether oxygens (including phenoxy) is 1. The van der Waals surface area contributed by atoms with Crippen molar-refractivity contribution in [1.29, 1.82) is 0 Å². The van der Waals surface area contributed by atoms with Crippen molar-refractivity contribution in [2.75, 3.05) is 14.2 Å². The molecule has 5 heteroatoms. The first-order valence-electron chi connectivity index (χ1n) is 7.01. The second-order valence-corrected chi connectivity index (χ2v) is 6.29. The van der Waals surface area contributed by atoms with Crippen LogP contribution in [0.4, 0.5) is 0 Å². The molecule has 2 aromatic rings. The Balaban J connectivity index is 2.19. The van der Waals surface area contributed by atoms with E-state index < -0.39 is 0 Å². The molecule has 0 aliphatic carbocycles. The lowest BCUT2D eigenvalue weighted by atomic mass is 9.99. The quantitative estimate of drug-likeness (QED) is 0.891. The minimum Gasteiger partial charge on any atom is -0.497 e. The van der Waals surface area contributed by atoms with Crippen LogP contribution < -0.4 is 10.5 Å². The molecule has 2 rings (SSSR count). The molecule has 0 spiro atoms. The third kappa shape index (κ3) is 3.81. The Bertz CT molecular complexity index is 565. The second-order valence-electron chi connectivity index (χ2n) is 5.35. The van der Waals surface area contributed by atoms with E-state index in [4.69, 9.17) is 10.5 Å². The summed E-state index contributed by atoms with van der Waals surface area (Å²) in [6.45, 7) is 4.95. The van der Waals surface area contributed by atoms with E-state index in [1.807, 2.05) is 31.5 Å². The van der Waals surface area contributed by atoms with Crippen molar-refractivity contribution < 1.29 is 4.74 Å². The maximum absolute atomic E-state index is 6.22. The number of thiazole rings is 1. The monoisotopic (exact) mass is 305 g/mol. The van der Waals surface area contributed by atoms with Crippen molar-refractivity contribution >= 4 is 11.3 Å². The topological polar surface area (TPSA) is 51.4 Å². The maximum atomic E-state index is 6.22. The average Bonchev–Trinajstić information content (AvgIpc) is 2.85. The summed E-state index contributed by atoms with van der Waals surface area (Å²) >= 11 is 1.69. The summed E-state index contributed by atoms with van der Waals surface area (Å²) in [5.41, 5.74) is 10.4. The van der Waals surface area contributed by atoms with Gasteiger partial charge in [-0.3, -0.25) is 4.90 Å². The lowest BCUT2D eigenvalue weighted by Crippen LogP contribution is -2.36. The summed E-state index contributed by atoms with van der Waals surface area (Å²) < 4.78 is 5.22. The largest absolute Gasteiger partial charge is 0.497 e. The maximum Gasteiger partial charge on any atom is 0.118 e. The third-order valence-electron chi connectivity index (χ3n) is 3.67. The van der Waals surface area contributed by atoms with Gasteiger partial charge in [0.05, 0.1) is 18.3 Å². The number of nitrogens with zero attached hydrogens (tertiary/aromatic N) is 2. The minimum absolute atomic E-state index is 0.0385. The predicted octanol–water partition coefficient (Wildman–Crippen LogP) is 2.98. The van der Waals surface area contributed by atoms with Gasteiger partial charge in [-0.05, 0) is 38.6 Å². The van der Waals surface area contributed by atoms with Crippen molar-refractivity contribution in [3.8, 4) is 5.75 Å². The molecule has 1 heterocycles. The van der Waals surface area contributed by atoms with Crippen molar-refractivity contribution in [1.82, 2.24) is 9.88 Å². The highest BCUT2D eigenvalue weighted by molar-refractivity contribution is 7.09. The number of benzene rings is 1. The normalized spacial score (nSPS) is 14.2. The molecule has 2 N–H and O–H groups in total. The molecule has 114 valence electrons. The number of methoxy groups -OCH3 is 1. The lowest BCUT2D eigenvalue weighted by Gasteiger charge is -2.31. The average molecular weight is 305 g/mol. The Kier molecular flexibility index (Phi) is 5.33. The molecule has 0 radical (unpaired) electrons. The van der Waals surface area contributed by atoms with Crippen LogP contribution in [0, 0.1) is 6.92 Å². The summed E-state index contributed by atoms with van der Waals surface area (Å²) in [7, 11) is 3.79. The van der Waals surface area contributed by atoms with Crippen LogP contribution in [-0.4, -0.2) is 30.1 Å². The van der Waals surface area contributed by atoms with Crippen LogP contribution >= 0.6 is 11.3 Å². The van der Waals surface area contributed by atoms with Gasteiger partial charge >= 0.3 is 0 Å². The minimum atomic E-state index is 0.0385. The van der Waals surface area contributed by atoms with E-state index in [1.54, 1.807) is 18.4 Å². The molecule has 0 amide bonds. The van der Waals surface area contributed by atoms with Gasteiger partial charge in [-0.2, -0.15) is 0 Å². The van der Waals surface area contributed by atoms with Gasteiger partial charge < -0.3 is 10.5 Å². The number of nitrogens with two attached hydrogens (primary N) is 1. The summed E-state index contributed by atoms with van der Waals surface area (Å²) in [5, 5.41) is 0. The van der Waals surface area contributed by atoms with Crippen molar-refractivity contribution in [2.24, 2.45) is 5.73 Å². The molecule has 0 aliphatic rings. The third-order valence-corrected chi connectivity index (χ3v) is 4.59. The van der Waals surface area contributed by atoms with Gasteiger partial charge in [0.1, 0.15) is 5.75 Å². The smallest absolute Gasteiger partial charge is 0.118 e. The highest BCUT2D eigenvalue weighted by Gasteiger charge is 2.22. The van der Waals surface area contributed by atoms with Gasteiger partial charge in [0.25, 0.3) is 0 Å². The number of hydrogen-bond donors (Lipinski definition) is 1. The summed E-state index contributed by atoms with van der Waals surface area (Å²) in [6, 6.07) is 8.34. The second kappa shape index (κ2) is 7.02. The molecular formula is C16H23N3OS. The van der Waals surface area contributed by atoms with Crippen molar-refractivity contribution in [2.45, 2.75) is 32.5 Å². The number of rotatable bonds is 6. The highest BCUT2D eigenvalue weighted by atomic mass is 32.1. The Morgan fingerprint density at radius 2 is 2.00 bits per heavy atom. The number of aromatic nitrogens is 1. The summed E-state index contributed by atoms with van der Waals surface area (Å²) in [4.78, 5) is 7.89. The Morgan fingerprint density at radius 1 is 1.33 bits per heavy atom. The fraction of sp³-hybridized carbons (Fsp3) is 0.438. The van der Waals surface area contributed by atoms with E-state index in [0.717, 1.165) is 18.0 Å². The molecule has 0 aliphatic heterocycles. The zero-order valence-corrected chi connectivity index (χ0v) is 13.9. The van der Waals surface area contributed by atoms with Crippen molar-refractivity contribution in [3.05, 3.63) is 45.9 Å². The van der Waals surface area contributed by atoms with Crippen LogP contribution in [0.25, 0.3) is 0 Å². The van der Waals surface area contributed by atoms with Crippen LogP contribution in [0.3, 0.4) is 0 Å². The molecule has 1 aromatic carbocycles. The van der Waals surface area contributed by atoms with Crippen LogP contribution in [0.1, 0.15) is 29.1 Å². The van der Waals surface area contributed by atoms with Crippen LogP contribution in [-0.2, 0) is 6.54 Å². The molecule has 2 atom stereocenters. The van der Waals surface area contributed by atoms with Crippen LogP contribution in [0.15, 0.2) is 29.8 Å². The zero-order valence-electron chi connectivity index (χ0n) is 13.0. The SMILES string of the molecule is COc1ccc(C(C(C)N)N(C)Cc2scnc2C)cc1. The molecule has 4 nitrogen and oxygen atoms in total. The lowest BCUT2D eigenvalue weighted by molar-refractivity contribution is 0.212. The van der Waals surface area contributed by atoms with Gasteiger partial charge in [0.15, 0.2) is 0 Å². The van der Waals surface area contributed by atoms with Crippen molar-refractivity contribution in [3.63, 3.8) is 0 Å². The zero-order chi connectivity index (χ0) is 15.4. The molecular weight excluding hydrogens is 282 g/mol. The van der Waals surface area contributed by atoms with E-state index in [2.05, 4.69) is 29.1 Å². The van der Waals surface area contributed by atoms with E-state index in [9.17, 15) is 0 Å². The molecule has 0 fully saturated rings. The van der Waals surface area contributed by atoms with Gasteiger partial charge in [-0.25, -0.2) is 4.98 Å². The summed E-state index contributed by atoms with van der Waals surface area (Å²) in [5.74, 6) is 0.864. The Hall–Kier alpha value is -1.43. The first-order valence-corrected chi connectivity index (χ1v) is 7.89. The predicted molar refractivity (Wildman–Crippen MR) is 87.7 cm³/mol. The van der Waals surface area contributed by atoms with E-state index in [0.29, 0.717) is 0 Å². The van der Waals surface area contributed by atoms with Crippen LogP contribution in [0.5, 0.6) is 5.75 Å². The van der Waals surface area contributed by atoms with Gasteiger partial charge in [0, 0.05) is 23.5 Å². The van der Waals surface area contributed by atoms with E-state index >= 15 is 0 Å². The molecule has 0 saturated heterocycles. The Labute approximate surface area is 130 Å². The number of hydrogen-bond acceptors (Lipinski definition) is 5. The fourth-order valence-corrected chi connectivity index (χ4v) is 3.40. The molecule has 0 bridgehead atoms. The first kappa shape index (κ1) is 15.9. The van der Waals surface area contributed by atoms with Gasteiger partial charge in [-0.15, -0.1) is 11.3 Å². The number of aryl methyl sites for hydroxylation is 1. The van der Waals surface area contributed by atoms with Crippen LogP contribution in [0.2, 0.25) is 0 Å².